The smallest absolute Gasteiger partial charge is 0.127 e. The molecule has 0 aromatic heterocycles. The number of hydrogen-bond acceptors (Lipinski definition) is 3. The molecular formula is C20H30O3. The van der Waals surface area contributed by atoms with Gasteiger partial charge in [-0.2, -0.15) is 0 Å². The molecule has 1 saturated carbocycles. The van der Waals surface area contributed by atoms with E-state index in [1.54, 1.807) is 0 Å². The number of benzene rings is 1. The number of phenolic OH excluding ortho intramolecular Hbond substituents is 1. The van der Waals surface area contributed by atoms with Crippen molar-refractivity contribution in [2.75, 3.05) is 0 Å². The first kappa shape index (κ1) is 16.6. The lowest BCUT2D eigenvalue weighted by atomic mass is 9.66. The molecule has 3 rings (SSSR count). The van der Waals surface area contributed by atoms with Gasteiger partial charge >= 0.3 is 0 Å². The molecule has 1 aromatic carbocycles. The number of phenols is 1. The molecule has 3 atom stereocenters. The fourth-order valence-electron chi connectivity index (χ4n) is 4.51. The number of unbranched alkanes of at least 4 members (excludes halogenated alkanes) is 2. The first-order valence-electron chi connectivity index (χ1n) is 9.15. The highest BCUT2D eigenvalue weighted by atomic mass is 16.5. The van der Waals surface area contributed by atoms with Crippen LogP contribution in [0.4, 0.5) is 0 Å². The molecule has 1 fully saturated rings. The second-order valence-corrected chi connectivity index (χ2v) is 7.87. The fraction of sp³-hybridized carbons (Fsp3) is 0.700. The van der Waals surface area contributed by atoms with E-state index < -0.39 is 0 Å². The second-order valence-electron chi connectivity index (χ2n) is 7.87. The van der Waals surface area contributed by atoms with Crippen molar-refractivity contribution < 1.29 is 14.9 Å². The van der Waals surface area contributed by atoms with Crippen molar-refractivity contribution in [3.05, 3.63) is 23.3 Å². The zero-order chi connectivity index (χ0) is 16.6. The van der Waals surface area contributed by atoms with Crippen LogP contribution in [-0.2, 0) is 6.42 Å². The highest BCUT2D eigenvalue weighted by Crippen LogP contribution is 2.54. The molecule has 0 saturated heterocycles. The van der Waals surface area contributed by atoms with Gasteiger partial charge in [0.25, 0.3) is 0 Å². The van der Waals surface area contributed by atoms with Crippen LogP contribution in [0.2, 0.25) is 0 Å². The van der Waals surface area contributed by atoms with Gasteiger partial charge in [0, 0.05) is 17.4 Å². The van der Waals surface area contributed by atoms with Gasteiger partial charge in [-0.1, -0.05) is 19.8 Å². The van der Waals surface area contributed by atoms with E-state index in [4.69, 9.17) is 4.74 Å². The van der Waals surface area contributed by atoms with Gasteiger partial charge < -0.3 is 14.9 Å². The molecule has 0 amide bonds. The van der Waals surface area contributed by atoms with E-state index in [0.717, 1.165) is 49.0 Å². The van der Waals surface area contributed by atoms with Crippen LogP contribution in [0.15, 0.2) is 12.1 Å². The van der Waals surface area contributed by atoms with Gasteiger partial charge in [-0.3, -0.25) is 0 Å². The van der Waals surface area contributed by atoms with E-state index in [1.165, 1.54) is 12.8 Å². The lowest BCUT2D eigenvalue weighted by Gasteiger charge is -2.48. The van der Waals surface area contributed by atoms with Crippen LogP contribution in [0.25, 0.3) is 0 Å². The van der Waals surface area contributed by atoms with Crippen molar-refractivity contribution >= 4 is 0 Å². The Labute approximate surface area is 139 Å². The van der Waals surface area contributed by atoms with Crippen LogP contribution in [0, 0.1) is 5.92 Å². The summed E-state index contributed by atoms with van der Waals surface area (Å²) in [5, 5.41) is 20.7. The van der Waals surface area contributed by atoms with Crippen molar-refractivity contribution in [3.8, 4) is 11.5 Å². The zero-order valence-corrected chi connectivity index (χ0v) is 14.6. The van der Waals surface area contributed by atoms with E-state index in [0.29, 0.717) is 11.7 Å². The van der Waals surface area contributed by atoms with Crippen LogP contribution in [0.1, 0.15) is 76.3 Å². The Balaban J connectivity index is 1.94. The monoisotopic (exact) mass is 318 g/mol. The number of fused-ring (bicyclic) bond motifs is 3. The molecule has 0 spiro atoms. The van der Waals surface area contributed by atoms with Gasteiger partial charge in [-0.25, -0.2) is 0 Å². The normalized spacial score (nSPS) is 28.6. The van der Waals surface area contributed by atoms with Gasteiger partial charge in [-0.05, 0) is 63.6 Å². The third-order valence-corrected chi connectivity index (χ3v) is 5.71. The maximum atomic E-state index is 10.6. The number of aliphatic hydroxyl groups is 1. The van der Waals surface area contributed by atoms with Crippen LogP contribution < -0.4 is 4.74 Å². The minimum atomic E-state index is -0.262. The fourth-order valence-corrected chi connectivity index (χ4v) is 4.51. The van der Waals surface area contributed by atoms with E-state index >= 15 is 0 Å². The standard InChI is InChI=1S/C20H30O3/c1-4-5-6-7-13-10-17(22)19-15-12-14(21)8-9-16(15)20(2,3)23-18(19)11-13/h10-11,14-16,21-22H,4-9,12H2,1-3H3/t14-,15?,16+/m0/s1. The van der Waals surface area contributed by atoms with Crippen LogP contribution in [0.3, 0.4) is 0 Å². The number of rotatable bonds is 4. The summed E-state index contributed by atoms with van der Waals surface area (Å²) in [7, 11) is 0. The summed E-state index contributed by atoms with van der Waals surface area (Å²) >= 11 is 0. The van der Waals surface area contributed by atoms with Crippen molar-refractivity contribution in [2.24, 2.45) is 5.92 Å². The minimum Gasteiger partial charge on any atom is -0.508 e. The molecule has 3 heteroatoms. The first-order chi connectivity index (χ1) is 10.9. The predicted molar refractivity (Wildman–Crippen MR) is 92.1 cm³/mol. The Kier molecular flexibility index (Phi) is 4.59. The van der Waals surface area contributed by atoms with Crippen LogP contribution in [-0.4, -0.2) is 21.9 Å². The summed E-state index contributed by atoms with van der Waals surface area (Å²) in [6, 6.07) is 4.03. The molecule has 1 heterocycles. The van der Waals surface area contributed by atoms with Gasteiger partial charge in [0.05, 0.1) is 6.10 Å². The number of ether oxygens (including phenoxy) is 1. The molecule has 23 heavy (non-hydrogen) atoms. The van der Waals surface area contributed by atoms with Crippen molar-refractivity contribution in [1.82, 2.24) is 0 Å². The number of aromatic hydroxyl groups is 1. The van der Waals surface area contributed by atoms with Crippen LogP contribution in [0.5, 0.6) is 11.5 Å². The summed E-state index contributed by atoms with van der Waals surface area (Å²) in [5.41, 5.74) is 1.83. The minimum absolute atomic E-state index is 0.196. The topological polar surface area (TPSA) is 49.7 Å². The lowest BCUT2D eigenvalue weighted by Crippen LogP contribution is -2.47. The number of aryl methyl sites for hydroxylation is 1. The third-order valence-electron chi connectivity index (χ3n) is 5.71. The van der Waals surface area contributed by atoms with Gasteiger partial charge in [0.15, 0.2) is 0 Å². The SMILES string of the molecule is CCCCCc1cc(O)c2c(c1)OC(C)(C)[C@@H]1CC[C@H](O)CC21. The Hall–Kier alpha value is -1.22. The summed E-state index contributed by atoms with van der Waals surface area (Å²) in [6.07, 6.45) is 6.78. The molecule has 3 nitrogen and oxygen atoms in total. The summed E-state index contributed by atoms with van der Waals surface area (Å²) in [4.78, 5) is 0. The van der Waals surface area contributed by atoms with Gasteiger partial charge in [0.2, 0.25) is 0 Å². The first-order valence-corrected chi connectivity index (χ1v) is 9.15. The molecule has 1 aliphatic heterocycles. The van der Waals surface area contributed by atoms with Gasteiger partial charge in [-0.15, -0.1) is 0 Å². The maximum Gasteiger partial charge on any atom is 0.127 e. The van der Waals surface area contributed by atoms with E-state index in [1.807, 2.05) is 6.07 Å². The maximum absolute atomic E-state index is 10.6. The largest absolute Gasteiger partial charge is 0.508 e. The average molecular weight is 318 g/mol. The average Bonchev–Trinajstić information content (AvgIpc) is 2.46. The van der Waals surface area contributed by atoms with Crippen LogP contribution >= 0.6 is 0 Å². The van der Waals surface area contributed by atoms with Crippen molar-refractivity contribution in [3.63, 3.8) is 0 Å². The summed E-state index contributed by atoms with van der Waals surface area (Å²) < 4.78 is 6.31. The molecule has 128 valence electrons. The highest BCUT2D eigenvalue weighted by Gasteiger charge is 2.47. The second kappa shape index (κ2) is 6.35. The van der Waals surface area contributed by atoms with Crippen molar-refractivity contribution in [2.45, 2.75) is 83.3 Å². The third kappa shape index (κ3) is 3.21. The quantitative estimate of drug-likeness (QED) is 0.801. The number of hydrogen-bond donors (Lipinski definition) is 2. The molecule has 2 N–H and O–H groups in total. The molecular weight excluding hydrogens is 288 g/mol. The highest BCUT2D eigenvalue weighted by molar-refractivity contribution is 5.52. The lowest BCUT2D eigenvalue weighted by molar-refractivity contribution is -0.0317. The Morgan fingerprint density at radius 3 is 2.74 bits per heavy atom. The van der Waals surface area contributed by atoms with E-state index in [9.17, 15) is 10.2 Å². The molecule has 0 radical (unpaired) electrons. The summed E-state index contributed by atoms with van der Waals surface area (Å²) in [6.45, 7) is 6.49. The predicted octanol–water partition coefficient (Wildman–Crippen LogP) is 4.54. The molecule has 0 bridgehead atoms. The zero-order valence-electron chi connectivity index (χ0n) is 14.6. The Morgan fingerprint density at radius 2 is 2.00 bits per heavy atom. The molecule has 2 aliphatic rings. The Morgan fingerprint density at radius 1 is 1.22 bits per heavy atom. The van der Waals surface area contributed by atoms with Crippen molar-refractivity contribution in [1.29, 1.82) is 0 Å². The summed E-state index contributed by atoms with van der Waals surface area (Å²) in [5.74, 6) is 1.74. The molecule has 1 aliphatic carbocycles. The van der Waals surface area contributed by atoms with E-state index in [2.05, 4.69) is 26.8 Å². The Bertz CT molecular complexity index is 564. The molecule has 1 unspecified atom stereocenters. The number of aliphatic hydroxyl groups excluding tert-OH is 1. The molecule has 1 aromatic rings. The van der Waals surface area contributed by atoms with E-state index in [-0.39, 0.29) is 17.6 Å². The van der Waals surface area contributed by atoms with Gasteiger partial charge in [0.1, 0.15) is 17.1 Å².